The Labute approximate surface area is 125 Å². The number of nitrogens with two attached hydrogens (primary N) is 1. The minimum atomic E-state index is 0.0650. The molecule has 0 saturated heterocycles. The molecule has 2 unspecified atom stereocenters. The molecule has 3 rings (SSSR count). The molecule has 110 valence electrons. The second-order valence-corrected chi connectivity index (χ2v) is 5.94. The van der Waals surface area contributed by atoms with Crippen molar-refractivity contribution < 1.29 is 4.79 Å². The van der Waals surface area contributed by atoms with E-state index in [0.29, 0.717) is 12.5 Å². The molecule has 2 aromatic rings. The van der Waals surface area contributed by atoms with Gasteiger partial charge in [0.25, 0.3) is 0 Å². The van der Waals surface area contributed by atoms with Crippen LogP contribution < -0.4 is 11.1 Å². The van der Waals surface area contributed by atoms with Gasteiger partial charge in [0.05, 0.1) is 0 Å². The molecule has 0 aromatic heterocycles. The fourth-order valence-corrected chi connectivity index (χ4v) is 3.34. The van der Waals surface area contributed by atoms with Gasteiger partial charge in [0.1, 0.15) is 0 Å². The van der Waals surface area contributed by atoms with Gasteiger partial charge in [-0.3, -0.25) is 4.79 Å². The highest BCUT2D eigenvalue weighted by Crippen LogP contribution is 2.30. The van der Waals surface area contributed by atoms with Crippen LogP contribution in [0.4, 0.5) is 5.69 Å². The van der Waals surface area contributed by atoms with E-state index < -0.39 is 0 Å². The fraction of sp³-hybridized carbons (Fsp3) is 0.389. The predicted octanol–water partition coefficient (Wildman–Crippen LogP) is 3.54. The third-order valence-corrected chi connectivity index (χ3v) is 4.57. The van der Waals surface area contributed by atoms with Gasteiger partial charge in [-0.2, -0.15) is 0 Å². The molecule has 2 aromatic carbocycles. The van der Waals surface area contributed by atoms with Gasteiger partial charge >= 0.3 is 0 Å². The maximum Gasteiger partial charge on any atom is 0.227 e. The van der Waals surface area contributed by atoms with Crippen LogP contribution in [0.15, 0.2) is 42.5 Å². The standard InChI is InChI=1S/C18H22N2O/c19-12-15-7-3-4-8-17(15)18(21)20-16-10-9-13-5-1-2-6-14(13)11-16/h1-2,5-6,9-11,15,17H,3-4,7-8,12,19H2,(H,20,21). The van der Waals surface area contributed by atoms with Crippen LogP contribution in [0, 0.1) is 11.8 Å². The molecule has 1 fully saturated rings. The molecule has 1 aliphatic rings. The highest BCUT2D eigenvalue weighted by Gasteiger charge is 2.29. The first-order valence-electron chi connectivity index (χ1n) is 7.77. The molecule has 3 N–H and O–H groups in total. The van der Waals surface area contributed by atoms with Crippen molar-refractivity contribution in [1.29, 1.82) is 0 Å². The molecular formula is C18H22N2O. The van der Waals surface area contributed by atoms with Crippen molar-refractivity contribution >= 4 is 22.4 Å². The Hall–Kier alpha value is -1.87. The molecule has 1 saturated carbocycles. The van der Waals surface area contributed by atoms with Crippen LogP contribution in [0.2, 0.25) is 0 Å². The predicted molar refractivity (Wildman–Crippen MR) is 87.1 cm³/mol. The first-order chi connectivity index (χ1) is 10.3. The van der Waals surface area contributed by atoms with Gasteiger partial charge in [-0.05, 0) is 48.2 Å². The summed E-state index contributed by atoms with van der Waals surface area (Å²) in [5, 5.41) is 5.41. The Kier molecular flexibility index (Phi) is 4.20. The summed E-state index contributed by atoms with van der Waals surface area (Å²) < 4.78 is 0. The van der Waals surface area contributed by atoms with E-state index in [1.807, 2.05) is 30.3 Å². The third kappa shape index (κ3) is 3.08. The minimum absolute atomic E-state index is 0.0650. The first kappa shape index (κ1) is 14.1. The van der Waals surface area contributed by atoms with E-state index >= 15 is 0 Å². The van der Waals surface area contributed by atoms with Crippen molar-refractivity contribution in [3.8, 4) is 0 Å². The first-order valence-corrected chi connectivity index (χ1v) is 7.77. The van der Waals surface area contributed by atoms with Gasteiger partial charge < -0.3 is 11.1 Å². The van der Waals surface area contributed by atoms with Gasteiger partial charge in [-0.1, -0.05) is 43.2 Å². The number of anilines is 1. The number of hydrogen-bond acceptors (Lipinski definition) is 2. The number of carbonyl (C=O) groups excluding carboxylic acids is 1. The number of amides is 1. The molecule has 21 heavy (non-hydrogen) atoms. The Morgan fingerprint density at radius 1 is 1.10 bits per heavy atom. The van der Waals surface area contributed by atoms with Crippen molar-refractivity contribution in [1.82, 2.24) is 0 Å². The Morgan fingerprint density at radius 2 is 1.86 bits per heavy atom. The van der Waals surface area contributed by atoms with E-state index in [1.54, 1.807) is 0 Å². The smallest absolute Gasteiger partial charge is 0.227 e. The van der Waals surface area contributed by atoms with Crippen molar-refractivity contribution in [3.63, 3.8) is 0 Å². The summed E-state index contributed by atoms with van der Waals surface area (Å²) in [6, 6.07) is 14.2. The third-order valence-electron chi connectivity index (χ3n) is 4.57. The lowest BCUT2D eigenvalue weighted by Crippen LogP contribution is -2.35. The van der Waals surface area contributed by atoms with Gasteiger partial charge in [0.15, 0.2) is 0 Å². The Balaban J connectivity index is 1.76. The lowest BCUT2D eigenvalue weighted by Gasteiger charge is -2.29. The number of nitrogens with one attached hydrogen (secondary N) is 1. The maximum atomic E-state index is 12.5. The fourth-order valence-electron chi connectivity index (χ4n) is 3.34. The van der Waals surface area contributed by atoms with Crippen molar-refractivity contribution in [3.05, 3.63) is 42.5 Å². The van der Waals surface area contributed by atoms with Crippen molar-refractivity contribution in [2.24, 2.45) is 17.6 Å². The zero-order valence-electron chi connectivity index (χ0n) is 12.2. The molecule has 1 aliphatic carbocycles. The van der Waals surface area contributed by atoms with Crippen LogP contribution in [0.3, 0.4) is 0 Å². The summed E-state index contributed by atoms with van der Waals surface area (Å²) >= 11 is 0. The summed E-state index contributed by atoms with van der Waals surface area (Å²) in [5.74, 6) is 0.523. The highest BCUT2D eigenvalue weighted by atomic mass is 16.1. The van der Waals surface area contributed by atoms with Gasteiger partial charge in [0.2, 0.25) is 5.91 Å². The summed E-state index contributed by atoms with van der Waals surface area (Å²) in [6.07, 6.45) is 4.36. The van der Waals surface area contributed by atoms with Crippen LogP contribution in [0.1, 0.15) is 25.7 Å². The molecule has 3 nitrogen and oxygen atoms in total. The van der Waals surface area contributed by atoms with Gasteiger partial charge in [0, 0.05) is 11.6 Å². The number of carbonyl (C=O) groups is 1. The second-order valence-electron chi connectivity index (χ2n) is 5.94. The van der Waals surface area contributed by atoms with Crippen LogP contribution >= 0.6 is 0 Å². The SMILES string of the molecule is NCC1CCCCC1C(=O)Nc1ccc2ccccc2c1. The maximum absolute atomic E-state index is 12.5. The van der Waals surface area contributed by atoms with E-state index in [-0.39, 0.29) is 11.8 Å². The minimum Gasteiger partial charge on any atom is -0.330 e. The Morgan fingerprint density at radius 3 is 2.67 bits per heavy atom. The van der Waals surface area contributed by atoms with Gasteiger partial charge in [-0.25, -0.2) is 0 Å². The normalized spacial score (nSPS) is 22.1. The Bertz CT molecular complexity index is 638. The van der Waals surface area contributed by atoms with Crippen LogP contribution in [0.25, 0.3) is 10.8 Å². The molecular weight excluding hydrogens is 260 g/mol. The molecule has 0 heterocycles. The van der Waals surface area contributed by atoms with E-state index in [0.717, 1.165) is 30.3 Å². The molecule has 2 atom stereocenters. The van der Waals surface area contributed by atoms with Crippen molar-refractivity contribution in [2.45, 2.75) is 25.7 Å². The van der Waals surface area contributed by atoms with Crippen molar-refractivity contribution in [2.75, 3.05) is 11.9 Å². The van der Waals surface area contributed by atoms with Gasteiger partial charge in [-0.15, -0.1) is 0 Å². The van der Waals surface area contributed by atoms with Crippen LogP contribution in [-0.2, 0) is 4.79 Å². The molecule has 3 heteroatoms. The largest absolute Gasteiger partial charge is 0.330 e. The van der Waals surface area contributed by atoms with E-state index in [2.05, 4.69) is 17.4 Å². The average Bonchev–Trinajstić information content (AvgIpc) is 2.54. The lowest BCUT2D eigenvalue weighted by atomic mass is 9.78. The molecule has 0 bridgehead atoms. The number of benzene rings is 2. The number of rotatable bonds is 3. The lowest BCUT2D eigenvalue weighted by molar-refractivity contribution is -0.122. The summed E-state index contributed by atoms with van der Waals surface area (Å²) in [5.41, 5.74) is 6.69. The zero-order valence-corrected chi connectivity index (χ0v) is 12.2. The summed E-state index contributed by atoms with van der Waals surface area (Å²) in [7, 11) is 0. The zero-order chi connectivity index (χ0) is 14.7. The summed E-state index contributed by atoms with van der Waals surface area (Å²) in [6.45, 7) is 0.607. The molecule has 0 radical (unpaired) electrons. The van der Waals surface area contributed by atoms with Crippen LogP contribution in [0.5, 0.6) is 0 Å². The molecule has 0 spiro atoms. The number of fused-ring (bicyclic) bond motifs is 1. The van der Waals surface area contributed by atoms with Crippen LogP contribution in [-0.4, -0.2) is 12.5 Å². The second kappa shape index (κ2) is 6.27. The quantitative estimate of drug-likeness (QED) is 0.904. The number of hydrogen-bond donors (Lipinski definition) is 2. The van der Waals surface area contributed by atoms with E-state index in [1.165, 1.54) is 11.8 Å². The molecule has 0 aliphatic heterocycles. The van der Waals surface area contributed by atoms with E-state index in [4.69, 9.17) is 5.73 Å². The molecule has 1 amide bonds. The highest BCUT2D eigenvalue weighted by molar-refractivity contribution is 5.95. The monoisotopic (exact) mass is 282 g/mol. The average molecular weight is 282 g/mol. The summed E-state index contributed by atoms with van der Waals surface area (Å²) in [4.78, 5) is 12.5. The topological polar surface area (TPSA) is 55.1 Å². The van der Waals surface area contributed by atoms with E-state index in [9.17, 15) is 4.79 Å².